The normalized spacial score (nSPS) is 12.8. The van der Waals surface area contributed by atoms with Gasteiger partial charge in [-0.15, -0.1) is 11.8 Å². The predicted molar refractivity (Wildman–Crippen MR) is 105 cm³/mol. The van der Waals surface area contributed by atoms with E-state index in [-0.39, 0.29) is 17.2 Å². The van der Waals surface area contributed by atoms with Crippen LogP contribution in [0.5, 0.6) is 0 Å². The number of halogens is 1. The third-order valence-electron chi connectivity index (χ3n) is 3.98. The number of hydrogen-bond acceptors (Lipinski definition) is 7. The molecule has 3 aromatic rings. The lowest BCUT2D eigenvalue weighted by molar-refractivity contribution is -0.113. The molecule has 1 aliphatic heterocycles. The second kappa shape index (κ2) is 7.80. The zero-order valence-electron chi connectivity index (χ0n) is 14.8. The summed E-state index contributed by atoms with van der Waals surface area (Å²) in [6.45, 7) is 1.73. The Morgan fingerprint density at radius 3 is 2.89 bits per heavy atom. The summed E-state index contributed by atoms with van der Waals surface area (Å²) in [4.78, 5) is 30.4. The maximum atomic E-state index is 13.3. The number of anilines is 1. The third kappa shape index (κ3) is 3.83. The van der Waals surface area contributed by atoms with Crippen molar-refractivity contribution in [2.75, 3.05) is 16.8 Å². The Kier molecular flexibility index (Phi) is 5.23. The Morgan fingerprint density at radius 2 is 2.18 bits per heavy atom. The van der Waals surface area contributed by atoms with E-state index >= 15 is 0 Å². The summed E-state index contributed by atoms with van der Waals surface area (Å²) < 4.78 is 19.7. The number of benzene rings is 1. The van der Waals surface area contributed by atoms with E-state index in [9.17, 15) is 14.0 Å². The topological polar surface area (TPSA) is 90.0 Å². The molecule has 28 heavy (non-hydrogen) atoms. The van der Waals surface area contributed by atoms with Gasteiger partial charge in [0, 0.05) is 18.2 Å². The molecular formula is C18H15FN4O3S2. The maximum Gasteiger partial charge on any atom is 0.272 e. The van der Waals surface area contributed by atoms with Crippen LogP contribution in [0.3, 0.4) is 0 Å². The van der Waals surface area contributed by atoms with Crippen molar-refractivity contribution in [2.45, 2.75) is 23.4 Å². The molecule has 0 atom stereocenters. The van der Waals surface area contributed by atoms with Crippen LogP contribution in [-0.2, 0) is 11.2 Å². The minimum absolute atomic E-state index is 0.0332. The SMILES string of the molecule is Cc1cc(NC(=O)CSc2nc3c(c(=O)n2-c2ccc(F)cc2)SCC3)no1. The Labute approximate surface area is 167 Å². The highest BCUT2D eigenvalue weighted by molar-refractivity contribution is 8.00. The summed E-state index contributed by atoms with van der Waals surface area (Å²) in [7, 11) is 0. The summed E-state index contributed by atoms with van der Waals surface area (Å²) >= 11 is 2.61. The first-order chi connectivity index (χ1) is 13.5. The predicted octanol–water partition coefficient (Wildman–Crippen LogP) is 3.05. The first-order valence-electron chi connectivity index (χ1n) is 8.42. The number of aromatic nitrogens is 3. The average molecular weight is 418 g/mol. The van der Waals surface area contributed by atoms with Crippen LogP contribution in [0.15, 0.2) is 49.7 Å². The van der Waals surface area contributed by atoms with Crippen molar-refractivity contribution in [3.05, 3.63) is 58.0 Å². The van der Waals surface area contributed by atoms with Gasteiger partial charge >= 0.3 is 0 Å². The van der Waals surface area contributed by atoms with Crippen LogP contribution in [0, 0.1) is 12.7 Å². The standard InChI is InChI=1S/C18H15FN4O3S2/c1-10-8-14(22-26-10)21-15(24)9-28-18-20-13-6-7-27-16(13)17(25)23(18)12-4-2-11(19)3-5-12/h2-5,8H,6-7,9H2,1H3,(H,21,22,24). The van der Waals surface area contributed by atoms with Crippen molar-refractivity contribution in [3.8, 4) is 5.69 Å². The van der Waals surface area contributed by atoms with Gasteiger partial charge in [-0.05, 0) is 31.2 Å². The first kappa shape index (κ1) is 18.8. The number of carbonyl (C=O) groups is 1. The number of carbonyl (C=O) groups excluding carboxylic acids is 1. The fraction of sp³-hybridized carbons (Fsp3) is 0.222. The summed E-state index contributed by atoms with van der Waals surface area (Å²) in [5, 5.41) is 6.75. The molecule has 0 spiro atoms. The maximum absolute atomic E-state index is 13.3. The van der Waals surface area contributed by atoms with Crippen molar-refractivity contribution in [2.24, 2.45) is 0 Å². The molecule has 0 saturated carbocycles. The fourth-order valence-electron chi connectivity index (χ4n) is 2.74. The van der Waals surface area contributed by atoms with Crippen LogP contribution in [-0.4, -0.2) is 32.1 Å². The molecule has 3 heterocycles. The Hall–Kier alpha value is -2.59. The van der Waals surface area contributed by atoms with Crippen molar-refractivity contribution in [1.82, 2.24) is 14.7 Å². The van der Waals surface area contributed by atoms with Crippen LogP contribution in [0.25, 0.3) is 5.69 Å². The lowest BCUT2D eigenvalue weighted by Crippen LogP contribution is -2.24. The van der Waals surface area contributed by atoms with Gasteiger partial charge in [-0.3, -0.25) is 14.2 Å². The first-order valence-corrected chi connectivity index (χ1v) is 10.4. The molecule has 144 valence electrons. The number of hydrogen-bond donors (Lipinski definition) is 1. The Bertz CT molecular complexity index is 1100. The molecule has 4 rings (SSSR count). The van der Waals surface area contributed by atoms with E-state index < -0.39 is 5.82 Å². The molecular weight excluding hydrogens is 403 g/mol. The number of aryl methyl sites for hydroxylation is 2. The molecule has 0 fully saturated rings. The number of nitrogens with zero attached hydrogens (tertiary/aromatic N) is 3. The third-order valence-corrected chi connectivity index (χ3v) is 6.02. The Balaban J connectivity index is 1.62. The van der Waals surface area contributed by atoms with Crippen molar-refractivity contribution >= 4 is 35.2 Å². The van der Waals surface area contributed by atoms with Crippen LogP contribution < -0.4 is 10.9 Å². The number of fused-ring (bicyclic) bond motifs is 1. The van der Waals surface area contributed by atoms with Gasteiger partial charge in [0.1, 0.15) is 11.6 Å². The summed E-state index contributed by atoms with van der Waals surface area (Å²) in [6, 6.07) is 7.23. The molecule has 10 heteroatoms. The summed E-state index contributed by atoms with van der Waals surface area (Å²) in [5.74, 6) is 1.06. The van der Waals surface area contributed by atoms with Gasteiger partial charge < -0.3 is 9.84 Å². The monoisotopic (exact) mass is 418 g/mol. The van der Waals surface area contributed by atoms with Gasteiger partial charge in [-0.25, -0.2) is 9.37 Å². The molecule has 2 aromatic heterocycles. The van der Waals surface area contributed by atoms with Gasteiger partial charge in [0.15, 0.2) is 11.0 Å². The molecule has 0 bridgehead atoms. The van der Waals surface area contributed by atoms with Crippen LogP contribution in [0.2, 0.25) is 0 Å². The average Bonchev–Trinajstić information content (AvgIpc) is 3.30. The van der Waals surface area contributed by atoms with E-state index in [1.165, 1.54) is 40.6 Å². The molecule has 1 amide bonds. The van der Waals surface area contributed by atoms with E-state index in [0.29, 0.717) is 33.7 Å². The highest BCUT2D eigenvalue weighted by atomic mass is 32.2. The van der Waals surface area contributed by atoms with E-state index in [1.54, 1.807) is 13.0 Å². The molecule has 1 N–H and O–H groups in total. The number of rotatable bonds is 5. The number of nitrogens with one attached hydrogen (secondary N) is 1. The fourth-order valence-corrected chi connectivity index (χ4v) is 4.59. The minimum Gasteiger partial charge on any atom is -0.360 e. The molecule has 0 radical (unpaired) electrons. The zero-order valence-corrected chi connectivity index (χ0v) is 16.4. The zero-order chi connectivity index (χ0) is 19.7. The highest BCUT2D eigenvalue weighted by Gasteiger charge is 2.23. The summed E-state index contributed by atoms with van der Waals surface area (Å²) in [5.41, 5.74) is 1.04. The van der Waals surface area contributed by atoms with E-state index in [2.05, 4.69) is 15.5 Å². The second-order valence-corrected chi connectivity index (χ2v) is 8.09. The van der Waals surface area contributed by atoms with Crippen molar-refractivity contribution < 1.29 is 13.7 Å². The van der Waals surface area contributed by atoms with Gasteiger partial charge in [0.25, 0.3) is 5.56 Å². The molecule has 0 saturated heterocycles. The molecule has 0 unspecified atom stereocenters. The smallest absolute Gasteiger partial charge is 0.272 e. The molecule has 0 aliphatic carbocycles. The van der Waals surface area contributed by atoms with Gasteiger partial charge in [0.05, 0.1) is 22.0 Å². The minimum atomic E-state index is -0.392. The summed E-state index contributed by atoms with van der Waals surface area (Å²) in [6.07, 6.45) is 0.706. The van der Waals surface area contributed by atoms with Crippen molar-refractivity contribution in [3.63, 3.8) is 0 Å². The second-order valence-electron chi connectivity index (χ2n) is 6.05. The van der Waals surface area contributed by atoms with Crippen molar-refractivity contribution in [1.29, 1.82) is 0 Å². The van der Waals surface area contributed by atoms with Gasteiger partial charge in [0.2, 0.25) is 5.91 Å². The van der Waals surface area contributed by atoms with Gasteiger partial charge in [-0.2, -0.15) is 0 Å². The number of thioether (sulfide) groups is 2. The molecule has 1 aromatic carbocycles. The van der Waals surface area contributed by atoms with E-state index in [0.717, 1.165) is 23.2 Å². The quantitative estimate of drug-likeness (QED) is 0.503. The van der Waals surface area contributed by atoms with Gasteiger partial charge in [-0.1, -0.05) is 16.9 Å². The largest absolute Gasteiger partial charge is 0.360 e. The molecule has 7 nitrogen and oxygen atoms in total. The number of amides is 1. The lowest BCUT2D eigenvalue weighted by atomic mass is 10.3. The van der Waals surface area contributed by atoms with Crippen LogP contribution in [0.4, 0.5) is 10.2 Å². The highest BCUT2D eigenvalue weighted by Crippen LogP contribution is 2.30. The molecule has 1 aliphatic rings. The van der Waals surface area contributed by atoms with E-state index in [1.807, 2.05) is 0 Å². The lowest BCUT2D eigenvalue weighted by Gasteiger charge is -2.13. The van der Waals surface area contributed by atoms with E-state index in [4.69, 9.17) is 4.52 Å². The van der Waals surface area contributed by atoms with Crippen LogP contribution >= 0.6 is 23.5 Å². The Morgan fingerprint density at radius 1 is 1.39 bits per heavy atom. The van der Waals surface area contributed by atoms with Crippen LogP contribution in [0.1, 0.15) is 11.5 Å².